The second-order valence-corrected chi connectivity index (χ2v) is 1.69. The minimum absolute atomic E-state index is 0.898. The third-order valence-corrected chi connectivity index (χ3v) is 0.933. The van der Waals surface area contributed by atoms with E-state index in [0.717, 1.165) is 4.42 Å². The first-order valence-corrected chi connectivity index (χ1v) is 2.40. The molecule has 0 aliphatic heterocycles. The molecule has 0 spiro atoms. The van der Waals surface area contributed by atoms with Gasteiger partial charge in [0.25, 0.3) is 0 Å². The van der Waals surface area contributed by atoms with Crippen LogP contribution in [0.15, 0.2) is 12.4 Å². The zero-order chi connectivity index (χ0) is 4.41. The number of aromatic amines is 1. The van der Waals surface area contributed by atoms with E-state index in [1.54, 1.807) is 12.4 Å². The summed E-state index contributed by atoms with van der Waals surface area (Å²) in [5, 5.41) is 0. The standard InChI is InChI=1S/C3H3N2.Ru/c1-2-5-3-4-1;/h1-2H,(H,4,5);. The Morgan fingerprint density at radius 3 is 2.83 bits per heavy atom. The second-order valence-electron chi connectivity index (χ2n) is 0.868. The van der Waals surface area contributed by atoms with Crippen molar-refractivity contribution < 1.29 is 18.3 Å². The monoisotopic (exact) mass is 169 g/mol. The molecule has 1 aromatic heterocycles. The van der Waals surface area contributed by atoms with Gasteiger partial charge in [-0.15, -0.1) is 0 Å². The summed E-state index contributed by atoms with van der Waals surface area (Å²) in [5.41, 5.74) is 0. The SMILES string of the molecule is [Ru][c]1ncc[nH]1. The van der Waals surface area contributed by atoms with Gasteiger partial charge in [0.2, 0.25) is 0 Å². The van der Waals surface area contributed by atoms with Gasteiger partial charge in [0.05, 0.1) is 0 Å². The maximum absolute atomic E-state index is 3.83. The van der Waals surface area contributed by atoms with Gasteiger partial charge < -0.3 is 0 Å². The fraction of sp³-hybridized carbons (Fsp3) is 0. The number of hydrogen-bond donors (Lipinski definition) is 1. The van der Waals surface area contributed by atoms with Gasteiger partial charge in [-0.1, -0.05) is 0 Å². The van der Waals surface area contributed by atoms with Crippen molar-refractivity contribution in [3.8, 4) is 0 Å². The number of H-pyrrole nitrogens is 1. The number of rotatable bonds is 0. The van der Waals surface area contributed by atoms with Crippen LogP contribution >= 0.6 is 0 Å². The third kappa shape index (κ3) is 0.659. The van der Waals surface area contributed by atoms with Crippen LogP contribution in [0.2, 0.25) is 0 Å². The van der Waals surface area contributed by atoms with E-state index in [4.69, 9.17) is 0 Å². The summed E-state index contributed by atoms with van der Waals surface area (Å²) in [6, 6.07) is 0. The van der Waals surface area contributed by atoms with Crippen molar-refractivity contribution in [2.24, 2.45) is 0 Å². The average Bonchev–Trinajstić information content (AvgIpc) is 1.86. The summed E-state index contributed by atoms with van der Waals surface area (Å²) in [7, 11) is 0. The molecule has 0 amide bonds. The van der Waals surface area contributed by atoms with Gasteiger partial charge in [-0.2, -0.15) is 0 Å². The molecule has 33 valence electrons. The zero-order valence-corrected chi connectivity index (χ0v) is 4.69. The summed E-state index contributed by atoms with van der Waals surface area (Å²) in [6.07, 6.45) is 3.50. The molecule has 0 fully saturated rings. The Labute approximate surface area is 45.7 Å². The summed E-state index contributed by atoms with van der Waals surface area (Å²) in [4.78, 5) is 6.69. The molecule has 0 aromatic carbocycles. The molecule has 1 aromatic rings. The molecular weight excluding hydrogens is 165 g/mol. The first-order chi connectivity index (χ1) is 2.89. The van der Waals surface area contributed by atoms with Crippen molar-refractivity contribution in [2.75, 3.05) is 0 Å². The predicted octanol–water partition coefficient (Wildman–Crippen LogP) is -0.418. The van der Waals surface area contributed by atoms with Gasteiger partial charge >= 0.3 is 45.1 Å². The first-order valence-electron chi connectivity index (χ1n) is 1.53. The third-order valence-electron chi connectivity index (χ3n) is 0.458. The van der Waals surface area contributed by atoms with Crippen molar-refractivity contribution in [1.82, 2.24) is 9.97 Å². The van der Waals surface area contributed by atoms with Crippen LogP contribution in [0.25, 0.3) is 0 Å². The van der Waals surface area contributed by atoms with Crippen LogP contribution in [0.1, 0.15) is 0 Å². The fourth-order valence-electron chi connectivity index (χ4n) is 0.242. The fourth-order valence-corrected chi connectivity index (χ4v) is 0.517. The predicted molar refractivity (Wildman–Crippen MR) is 18.2 cm³/mol. The Morgan fingerprint density at radius 2 is 2.67 bits per heavy atom. The van der Waals surface area contributed by atoms with Crippen molar-refractivity contribution in [3.05, 3.63) is 12.4 Å². The van der Waals surface area contributed by atoms with Crippen molar-refractivity contribution in [1.29, 1.82) is 0 Å². The van der Waals surface area contributed by atoms with Crippen LogP contribution in [0.5, 0.6) is 0 Å². The average molecular weight is 168 g/mol. The molecule has 0 saturated heterocycles. The molecular formula is C3H3N2Ru. The Morgan fingerprint density at radius 1 is 1.83 bits per heavy atom. The van der Waals surface area contributed by atoms with Crippen LogP contribution in [0.4, 0.5) is 0 Å². The molecule has 0 atom stereocenters. The van der Waals surface area contributed by atoms with E-state index in [9.17, 15) is 0 Å². The van der Waals surface area contributed by atoms with Crippen LogP contribution < -0.4 is 4.42 Å². The molecule has 0 bridgehead atoms. The van der Waals surface area contributed by atoms with Gasteiger partial charge in [-0.3, -0.25) is 0 Å². The molecule has 3 heteroatoms. The topological polar surface area (TPSA) is 28.7 Å². The molecule has 0 radical (unpaired) electrons. The first kappa shape index (κ1) is 4.00. The van der Waals surface area contributed by atoms with Gasteiger partial charge in [0.1, 0.15) is 0 Å². The molecule has 6 heavy (non-hydrogen) atoms. The second kappa shape index (κ2) is 1.52. The van der Waals surface area contributed by atoms with E-state index in [2.05, 4.69) is 28.3 Å². The quantitative estimate of drug-likeness (QED) is 0.524. The van der Waals surface area contributed by atoms with Crippen LogP contribution in [0.3, 0.4) is 0 Å². The molecule has 0 saturated carbocycles. The van der Waals surface area contributed by atoms with E-state index < -0.39 is 0 Å². The van der Waals surface area contributed by atoms with Gasteiger partial charge in [0.15, 0.2) is 0 Å². The van der Waals surface area contributed by atoms with Crippen molar-refractivity contribution in [2.45, 2.75) is 0 Å². The number of imidazole rings is 1. The summed E-state index contributed by atoms with van der Waals surface area (Å²) in [5.74, 6) is 0. The zero-order valence-electron chi connectivity index (χ0n) is 2.96. The van der Waals surface area contributed by atoms with Crippen molar-refractivity contribution >= 4 is 4.42 Å². The Kier molecular flexibility index (Phi) is 1.02. The normalized spacial score (nSPS) is 8.83. The number of nitrogens with one attached hydrogen (secondary N) is 1. The molecule has 0 aliphatic carbocycles. The Bertz CT molecular complexity index is 112. The van der Waals surface area contributed by atoms with Gasteiger partial charge in [-0.25, -0.2) is 0 Å². The van der Waals surface area contributed by atoms with E-state index in [0.29, 0.717) is 0 Å². The number of nitrogens with zero attached hydrogens (tertiary/aromatic N) is 1. The molecule has 1 N–H and O–H groups in total. The Hall–Kier alpha value is -0.167. The van der Waals surface area contributed by atoms with E-state index in [1.807, 2.05) is 0 Å². The summed E-state index contributed by atoms with van der Waals surface area (Å²) >= 11 is 2.36. The van der Waals surface area contributed by atoms with Crippen LogP contribution in [-0.4, -0.2) is 9.97 Å². The van der Waals surface area contributed by atoms with Gasteiger partial charge in [0, 0.05) is 0 Å². The van der Waals surface area contributed by atoms with E-state index >= 15 is 0 Å². The molecule has 0 aliphatic rings. The summed E-state index contributed by atoms with van der Waals surface area (Å²) < 4.78 is 0.898. The number of aromatic nitrogens is 2. The van der Waals surface area contributed by atoms with Crippen LogP contribution in [0, 0.1) is 0 Å². The minimum atomic E-state index is 0.898. The van der Waals surface area contributed by atoms with E-state index in [1.165, 1.54) is 0 Å². The van der Waals surface area contributed by atoms with Gasteiger partial charge in [-0.05, 0) is 0 Å². The Balaban J connectivity index is 3.05. The number of hydrogen-bond acceptors (Lipinski definition) is 1. The van der Waals surface area contributed by atoms with E-state index in [-0.39, 0.29) is 0 Å². The maximum atomic E-state index is 3.83. The van der Waals surface area contributed by atoms with Crippen LogP contribution in [-0.2, 0) is 18.3 Å². The molecule has 1 rings (SSSR count). The summed E-state index contributed by atoms with van der Waals surface area (Å²) in [6.45, 7) is 0. The molecule has 2 nitrogen and oxygen atoms in total. The molecule has 0 unspecified atom stereocenters. The van der Waals surface area contributed by atoms with Crippen molar-refractivity contribution in [3.63, 3.8) is 0 Å². The molecule has 1 heterocycles.